The van der Waals surface area contributed by atoms with Gasteiger partial charge in [-0.15, -0.1) is 0 Å². The second kappa shape index (κ2) is 7.24. The van der Waals surface area contributed by atoms with E-state index in [1.54, 1.807) is 19.1 Å². The summed E-state index contributed by atoms with van der Waals surface area (Å²) in [6.45, 7) is 2.44. The van der Waals surface area contributed by atoms with E-state index in [0.29, 0.717) is 12.4 Å². The third-order valence-electron chi connectivity index (χ3n) is 5.14. The molecule has 4 rings (SSSR count). The smallest absolute Gasteiger partial charge is 0.290 e. The Hall–Kier alpha value is -2.93. The lowest BCUT2D eigenvalue weighted by molar-refractivity contribution is -0.131. The molecule has 2 aliphatic rings. The molecule has 1 saturated heterocycles. The molecular weight excluding hydrogens is 365 g/mol. The number of aliphatic hydroxyl groups is 1. The molecule has 146 valence electrons. The Morgan fingerprint density at radius 2 is 2.07 bits per heavy atom. The maximum absolute atomic E-state index is 14.6. The summed E-state index contributed by atoms with van der Waals surface area (Å²) < 4.78 is 25.6. The summed E-state index contributed by atoms with van der Waals surface area (Å²) in [4.78, 5) is 27.2. The standard InChI is InChI=1S/C21H20FNO5/c1-12-8-9-16(28-12)19(24)17-18(14-6-2-3-7-15(14)22)23(21(26)20(17)25)11-13-5-4-10-27-13/h2-3,6-9,13,18,25H,4-5,10-11H2,1H3. The zero-order valence-electron chi connectivity index (χ0n) is 15.4. The zero-order valence-corrected chi connectivity index (χ0v) is 15.4. The van der Waals surface area contributed by atoms with Crippen molar-refractivity contribution in [3.8, 4) is 0 Å². The predicted octanol–water partition coefficient (Wildman–Crippen LogP) is 3.48. The van der Waals surface area contributed by atoms with Crippen LogP contribution in [0.3, 0.4) is 0 Å². The van der Waals surface area contributed by atoms with Gasteiger partial charge >= 0.3 is 0 Å². The van der Waals surface area contributed by atoms with Gasteiger partial charge < -0.3 is 19.2 Å². The molecule has 1 aromatic heterocycles. The summed E-state index contributed by atoms with van der Waals surface area (Å²) in [6.07, 6.45) is 1.41. The molecule has 0 radical (unpaired) electrons. The van der Waals surface area contributed by atoms with Gasteiger partial charge in [-0.25, -0.2) is 4.39 Å². The maximum atomic E-state index is 14.6. The summed E-state index contributed by atoms with van der Waals surface area (Å²) in [5.41, 5.74) is -0.0352. The van der Waals surface area contributed by atoms with E-state index < -0.39 is 29.3 Å². The molecule has 0 spiro atoms. The van der Waals surface area contributed by atoms with Crippen molar-refractivity contribution in [1.82, 2.24) is 4.90 Å². The van der Waals surface area contributed by atoms with E-state index >= 15 is 0 Å². The van der Waals surface area contributed by atoms with Crippen LogP contribution in [0.15, 0.2) is 52.1 Å². The number of hydrogen-bond donors (Lipinski definition) is 1. The number of amides is 1. The van der Waals surface area contributed by atoms with Gasteiger partial charge in [-0.2, -0.15) is 0 Å². The van der Waals surface area contributed by atoms with E-state index in [4.69, 9.17) is 9.15 Å². The van der Waals surface area contributed by atoms with Crippen LogP contribution < -0.4 is 0 Å². The van der Waals surface area contributed by atoms with Gasteiger partial charge in [-0.05, 0) is 38.0 Å². The van der Waals surface area contributed by atoms with Gasteiger partial charge in [-0.1, -0.05) is 18.2 Å². The summed E-state index contributed by atoms with van der Waals surface area (Å²) in [5.74, 6) is -2.07. The molecule has 3 heterocycles. The van der Waals surface area contributed by atoms with Crippen molar-refractivity contribution in [3.63, 3.8) is 0 Å². The number of aliphatic hydroxyl groups excluding tert-OH is 1. The van der Waals surface area contributed by atoms with E-state index in [1.165, 1.54) is 29.2 Å². The number of rotatable bonds is 5. The molecule has 0 bridgehead atoms. The fourth-order valence-corrected chi connectivity index (χ4v) is 3.79. The highest BCUT2D eigenvalue weighted by Gasteiger charge is 2.46. The molecule has 1 aromatic carbocycles. The van der Waals surface area contributed by atoms with Crippen LogP contribution in [0.1, 0.15) is 40.8 Å². The Bertz CT molecular complexity index is 957. The normalized spacial score (nSPS) is 22.4. The molecular formula is C21H20FNO5. The van der Waals surface area contributed by atoms with Crippen molar-refractivity contribution in [3.05, 3.63) is 70.6 Å². The van der Waals surface area contributed by atoms with Crippen LogP contribution >= 0.6 is 0 Å². The number of benzene rings is 1. The Kier molecular flexibility index (Phi) is 4.77. The van der Waals surface area contributed by atoms with Gasteiger partial charge in [-0.3, -0.25) is 9.59 Å². The van der Waals surface area contributed by atoms with Crippen LogP contribution in [-0.2, 0) is 9.53 Å². The van der Waals surface area contributed by atoms with Crippen molar-refractivity contribution in [2.45, 2.75) is 31.9 Å². The highest BCUT2D eigenvalue weighted by atomic mass is 19.1. The highest BCUT2D eigenvalue weighted by Crippen LogP contribution is 2.40. The van der Waals surface area contributed by atoms with Crippen molar-refractivity contribution in [1.29, 1.82) is 0 Å². The second-order valence-corrected chi connectivity index (χ2v) is 7.02. The lowest BCUT2D eigenvalue weighted by atomic mass is 9.94. The van der Waals surface area contributed by atoms with Crippen LogP contribution in [0.4, 0.5) is 4.39 Å². The fourth-order valence-electron chi connectivity index (χ4n) is 3.79. The molecule has 1 fully saturated rings. The van der Waals surface area contributed by atoms with Gasteiger partial charge in [0.2, 0.25) is 5.78 Å². The molecule has 6 nitrogen and oxygen atoms in total. The number of aryl methyl sites for hydroxylation is 1. The molecule has 1 N–H and O–H groups in total. The molecule has 1 amide bonds. The number of ether oxygens (including phenoxy) is 1. The van der Waals surface area contributed by atoms with Crippen molar-refractivity contribution >= 4 is 11.7 Å². The van der Waals surface area contributed by atoms with Crippen molar-refractivity contribution in [2.75, 3.05) is 13.2 Å². The van der Waals surface area contributed by atoms with Crippen LogP contribution in [0, 0.1) is 12.7 Å². The Balaban J connectivity index is 1.78. The molecule has 2 aliphatic heterocycles. The summed E-state index contributed by atoms with van der Waals surface area (Å²) in [5, 5.41) is 10.5. The minimum atomic E-state index is -1.05. The number of ketones is 1. The van der Waals surface area contributed by atoms with E-state index in [1.807, 2.05) is 0 Å². The van der Waals surface area contributed by atoms with Crippen LogP contribution in [0.25, 0.3) is 0 Å². The largest absolute Gasteiger partial charge is 0.503 e. The van der Waals surface area contributed by atoms with Crippen LogP contribution in [0.5, 0.6) is 0 Å². The number of carbonyl (C=O) groups is 2. The number of hydrogen-bond acceptors (Lipinski definition) is 5. The zero-order chi connectivity index (χ0) is 19.8. The average Bonchev–Trinajstić information content (AvgIpc) is 3.39. The molecule has 2 atom stereocenters. The molecule has 28 heavy (non-hydrogen) atoms. The molecule has 2 unspecified atom stereocenters. The SMILES string of the molecule is Cc1ccc(C(=O)C2=C(O)C(=O)N(CC3CCCO3)C2c2ccccc2F)o1. The minimum absolute atomic E-state index is 0.00726. The Labute approximate surface area is 161 Å². The third-order valence-corrected chi connectivity index (χ3v) is 5.14. The lowest BCUT2D eigenvalue weighted by Crippen LogP contribution is -2.37. The van der Waals surface area contributed by atoms with E-state index in [-0.39, 0.29) is 29.5 Å². The fraction of sp³-hybridized carbons (Fsp3) is 0.333. The summed E-state index contributed by atoms with van der Waals surface area (Å²) in [7, 11) is 0. The molecule has 0 aliphatic carbocycles. The Morgan fingerprint density at radius 1 is 1.29 bits per heavy atom. The molecule has 7 heteroatoms. The van der Waals surface area contributed by atoms with Gasteiger partial charge in [0.15, 0.2) is 11.5 Å². The first-order valence-corrected chi connectivity index (χ1v) is 9.18. The van der Waals surface area contributed by atoms with Gasteiger partial charge in [0, 0.05) is 18.7 Å². The first-order valence-electron chi connectivity index (χ1n) is 9.18. The van der Waals surface area contributed by atoms with E-state index in [2.05, 4.69) is 0 Å². The summed E-state index contributed by atoms with van der Waals surface area (Å²) >= 11 is 0. The monoisotopic (exact) mass is 385 g/mol. The summed E-state index contributed by atoms with van der Waals surface area (Å²) in [6, 6.07) is 7.97. The number of halogens is 1. The first-order chi connectivity index (χ1) is 13.5. The topological polar surface area (TPSA) is 80.0 Å². The number of nitrogens with zero attached hydrogens (tertiary/aromatic N) is 1. The quantitative estimate of drug-likeness (QED) is 0.797. The van der Waals surface area contributed by atoms with Crippen molar-refractivity contribution in [2.24, 2.45) is 0 Å². The Morgan fingerprint density at radius 3 is 2.71 bits per heavy atom. The van der Waals surface area contributed by atoms with E-state index in [9.17, 15) is 19.1 Å². The van der Waals surface area contributed by atoms with Crippen molar-refractivity contribution < 1.29 is 28.2 Å². The molecule has 2 aromatic rings. The highest BCUT2D eigenvalue weighted by molar-refractivity contribution is 6.15. The van der Waals surface area contributed by atoms with Crippen LogP contribution in [-0.4, -0.2) is 41.0 Å². The number of Topliss-reactive ketones (excluding diaryl/α,β-unsaturated/α-hetero) is 1. The lowest BCUT2D eigenvalue weighted by Gasteiger charge is -2.29. The van der Waals surface area contributed by atoms with E-state index in [0.717, 1.165) is 12.8 Å². The van der Waals surface area contributed by atoms with Gasteiger partial charge in [0.1, 0.15) is 11.6 Å². The maximum Gasteiger partial charge on any atom is 0.290 e. The minimum Gasteiger partial charge on any atom is -0.503 e. The number of furan rings is 1. The van der Waals surface area contributed by atoms with Gasteiger partial charge in [0.25, 0.3) is 5.91 Å². The third kappa shape index (κ3) is 3.11. The predicted molar refractivity (Wildman–Crippen MR) is 97.3 cm³/mol. The van der Waals surface area contributed by atoms with Crippen LogP contribution in [0.2, 0.25) is 0 Å². The molecule has 0 saturated carbocycles. The van der Waals surface area contributed by atoms with Gasteiger partial charge in [0.05, 0.1) is 17.7 Å². The number of carbonyl (C=O) groups excluding carboxylic acids is 2. The first kappa shape index (κ1) is 18.4. The average molecular weight is 385 g/mol. The second-order valence-electron chi connectivity index (χ2n) is 7.02.